The second-order valence-electron chi connectivity index (χ2n) is 6.91. The van der Waals surface area contributed by atoms with Gasteiger partial charge in [0.1, 0.15) is 0 Å². The van der Waals surface area contributed by atoms with Gasteiger partial charge in [0.05, 0.1) is 6.10 Å². The molecule has 2 saturated heterocycles. The summed E-state index contributed by atoms with van der Waals surface area (Å²) in [7, 11) is 1.76. The first kappa shape index (κ1) is 17.7. The maximum absolute atomic E-state index is 12.4. The fraction of sp³-hybridized carbons (Fsp3) is 0.579. The highest BCUT2D eigenvalue weighted by Gasteiger charge is 2.26. The van der Waals surface area contributed by atoms with Crippen LogP contribution in [0, 0.1) is 5.92 Å². The smallest absolute Gasteiger partial charge is 0.227 e. The standard InChI is InChI=1S/C19H27N3O3/c1-14(23)21-10-7-15(8-11-21)19(24)20-16-3-5-17(6-4-16)22-12-9-18(13-22)25-2/h3-6,15,18H,7-13H2,1-2H3,(H,20,24)/t18-/m0/s1. The van der Waals surface area contributed by atoms with E-state index in [-0.39, 0.29) is 17.7 Å². The molecular weight excluding hydrogens is 318 g/mol. The maximum Gasteiger partial charge on any atom is 0.227 e. The zero-order valence-corrected chi connectivity index (χ0v) is 15.0. The summed E-state index contributed by atoms with van der Waals surface area (Å²) in [5.41, 5.74) is 1.98. The molecule has 25 heavy (non-hydrogen) atoms. The molecule has 6 nitrogen and oxygen atoms in total. The summed E-state index contributed by atoms with van der Waals surface area (Å²) in [6, 6.07) is 8.01. The summed E-state index contributed by atoms with van der Waals surface area (Å²) in [6.07, 6.45) is 2.82. The molecule has 1 N–H and O–H groups in total. The number of nitrogens with one attached hydrogen (secondary N) is 1. The quantitative estimate of drug-likeness (QED) is 0.908. The molecule has 0 unspecified atom stereocenters. The van der Waals surface area contributed by atoms with Crippen molar-refractivity contribution in [1.82, 2.24) is 4.90 Å². The van der Waals surface area contributed by atoms with Crippen LogP contribution in [0.3, 0.4) is 0 Å². The molecule has 2 heterocycles. The molecule has 6 heteroatoms. The monoisotopic (exact) mass is 345 g/mol. The number of hydrogen-bond donors (Lipinski definition) is 1. The Kier molecular flexibility index (Phi) is 5.58. The van der Waals surface area contributed by atoms with Crippen LogP contribution < -0.4 is 10.2 Å². The van der Waals surface area contributed by atoms with E-state index < -0.39 is 0 Å². The van der Waals surface area contributed by atoms with Crippen molar-refractivity contribution in [2.24, 2.45) is 5.92 Å². The SMILES string of the molecule is CO[C@H]1CCN(c2ccc(NC(=O)C3CCN(C(C)=O)CC3)cc2)C1. The lowest BCUT2D eigenvalue weighted by molar-refractivity contribution is -0.132. The van der Waals surface area contributed by atoms with Gasteiger partial charge in [-0.2, -0.15) is 0 Å². The minimum atomic E-state index is -0.0173. The largest absolute Gasteiger partial charge is 0.380 e. The van der Waals surface area contributed by atoms with Crippen molar-refractivity contribution in [3.63, 3.8) is 0 Å². The Labute approximate surface area is 149 Å². The van der Waals surface area contributed by atoms with Crippen LogP contribution in [-0.2, 0) is 14.3 Å². The molecule has 136 valence electrons. The Hall–Kier alpha value is -2.08. The van der Waals surface area contributed by atoms with Gasteiger partial charge in [-0.05, 0) is 43.5 Å². The average Bonchev–Trinajstić information content (AvgIpc) is 3.11. The van der Waals surface area contributed by atoms with E-state index in [4.69, 9.17) is 4.74 Å². The third-order valence-corrected chi connectivity index (χ3v) is 5.29. The van der Waals surface area contributed by atoms with Crippen molar-refractivity contribution in [2.45, 2.75) is 32.3 Å². The van der Waals surface area contributed by atoms with Crippen LogP contribution in [0.5, 0.6) is 0 Å². The van der Waals surface area contributed by atoms with Crippen LogP contribution in [0.15, 0.2) is 24.3 Å². The topological polar surface area (TPSA) is 61.9 Å². The summed E-state index contributed by atoms with van der Waals surface area (Å²) in [5.74, 6) is 0.125. The molecule has 0 aliphatic carbocycles. The van der Waals surface area contributed by atoms with Gasteiger partial charge in [0.15, 0.2) is 0 Å². The fourth-order valence-electron chi connectivity index (χ4n) is 3.61. The lowest BCUT2D eigenvalue weighted by atomic mass is 9.96. The van der Waals surface area contributed by atoms with Crippen LogP contribution >= 0.6 is 0 Å². The second kappa shape index (κ2) is 7.87. The van der Waals surface area contributed by atoms with Crippen molar-refractivity contribution in [3.8, 4) is 0 Å². The molecule has 3 rings (SSSR count). The molecule has 0 saturated carbocycles. The maximum atomic E-state index is 12.4. The minimum Gasteiger partial charge on any atom is -0.380 e. The molecular formula is C19H27N3O3. The number of rotatable bonds is 4. The summed E-state index contributed by atoms with van der Waals surface area (Å²) in [4.78, 5) is 27.9. The number of piperidine rings is 1. The second-order valence-corrected chi connectivity index (χ2v) is 6.91. The van der Waals surface area contributed by atoms with Gasteiger partial charge in [-0.15, -0.1) is 0 Å². The van der Waals surface area contributed by atoms with Crippen LogP contribution in [0.2, 0.25) is 0 Å². The van der Waals surface area contributed by atoms with E-state index in [1.54, 1.807) is 14.0 Å². The van der Waals surface area contributed by atoms with E-state index in [2.05, 4.69) is 10.2 Å². The Morgan fingerprint density at radius 1 is 1.08 bits per heavy atom. The molecule has 2 amide bonds. The predicted molar refractivity (Wildman–Crippen MR) is 97.7 cm³/mol. The predicted octanol–water partition coefficient (Wildman–Crippen LogP) is 2.11. The Morgan fingerprint density at radius 3 is 2.32 bits per heavy atom. The lowest BCUT2D eigenvalue weighted by Crippen LogP contribution is -2.40. The van der Waals surface area contributed by atoms with Crippen LogP contribution in [0.4, 0.5) is 11.4 Å². The normalized spacial score (nSPS) is 21.4. The highest BCUT2D eigenvalue weighted by molar-refractivity contribution is 5.93. The molecule has 1 aromatic carbocycles. The molecule has 0 spiro atoms. The number of anilines is 2. The van der Waals surface area contributed by atoms with Crippen molar-refractivity contribution in [3.05, 3.63) is 24.3 Å². The first-order valence-electron chi connectivity index (χ1n) is 9.01. The van der Waals surface area contributed by atoms with E-state index >= 15 is 0 Å². The Morgan fingerprint density at radius 2 is 1.76 bits per heavy atom. The fourth-order valence-corrected chi connectivity index (χ4v) is 3.61. The van der Waals surface area contributed by atoms with Crippen LogP contribution in [-0.4, -0.2) is 56.1 Å². The zero-order chi connectivity index (χ0) is 17.8. The van der Waals surface area contributed by atoms with E-state index in [1.165, 1.54) is 0 Å². The third kappa shape index (κ3) is 4.31. The molecule has 1 atom stereocenters. The minimum absolute atomic E-state index is 0.0173. The first-order chi connectivity index (χ1) is 12.1. The Bertz CT molecular complexity index is 609. The number of likely N-dealkylation sites (tertiary alicyclic amines) is 1. The van der Waals surface area contributed by atoms with Gasteiger partial charge in [-0.1, -0.05) is 0 Å². The van der Waals surface area contributed by atoms with Crippen molar-refractivity contribution in [1.29, 1.82) is 0 Å². The van der Waals surface area contributed by atoms with Crippen LogP contribution in [0.1, 0.15) is 26.2 Å². The number of carbonyl (C=O) groups excluding carboxylic acids is 2. The van der Waals surface area contributed by atoms with E-state index in [1.807, 2.05) is 29.2 Å². The molecule has 1 aromatic rings. The molecule has 2 aliphatic heterocycles. The third-order valence-electron chi connectivity index (χ3n) is 5.29. The summed E-state index contributed by atoms with van der Waals surface area (Å²) >= 11 is 0. The zero-order valence-electron chi connectivity index (χ0n) is 15.0. The van der Waals surface area contributed by atoms with Crippen LogP contribution in [0.25, 0.3) is 0 Å². The number of nitrogens with zero attached hydrogens (tertiary/aromatic N) is 2. The average molecular weight is 345 g/mol. The van der Waals surface area contributed by atoms with Gasteiger partial charge in [0, 0.05) is 57.5 Å². The highest BCUT2D eigenvalue weighted by atomic mass is 16.5. The molecule has 0 aromatic heterocycles. The lowest BCUT2D eigenvalue weighted by Gasteiger charge is -2.30. The van der Waals surface area contributed by atoms with Crippen molar-refractivity contribution in [2.75, 3.05) is 43.5 Å². The highest BCUT2D eigenvalue weighted by Crippen LogP contribution is 2.24. The number of amides is 2. The molecule has 2 fully saturated rings. The number of methoxy groups -OCH3 is 1. The van der Waals surface area contributed by atoms with E-state index in [9.17, 15) is 9.59 Å². The number of carbonyl (C=O) groups is 2. The summed E-state index contributed by atoms with van der Waals surface area (Å²) in [6.45, 7) is 4.83. The number of hydrogen-bond acceptors (Lipinski definition) is 4. The summed E-state index contributed by atoms with van der Waals surface area (Å²) in [5, 5.41) is 3.01. The van der Waals surface area contributed by atoms with E-state index in [0.29, 0.717) is 19.2 Å². The van der Waals surface area contributed by atoms with Gasteiger partial charge < -0.3 is 19.9 Å². The van der Waals surface area contributed by atoms with Crippen molar-refractivity contribution >= 4 is 23.2 Å². The van der Waals surface area contributed by atoms with E-state index in [0.717, 1.165) is 43.7 Å². The summed E-state index contributed by atoms with van der Waals surface area (Å²) < 4.78 is 5.41. The number of ether oxygens (including phenoxy) is 1. The Balaban J connectivity index is 1.51. The molecule has 0 radical (unpaired) electrons. The van der Waals surface area contributed by atoms with Gasteiger partial charge >= 0.3 is 0 Å². The van der Waals surface area contributed by atoms with Gasteiger partial charge in [-0.25, -0.2) is 0 Å². The first-order valence-corrected chi connectivity index (χ1v) is 9.01. The van der Waals surface area contributed by atoms with Gasteiger partial charge in [0.25, 0.3) is 0 Å². The van der Waals surface area contributed by atoms with Gasteiger partial charge in [-0.3, -0.25) is 9.59 Å². The molecule has 0 bridgehead atoms. The molecule has 2 aliphatic rings. The van der Waals surface area contributed by atoms with Gasteiger partial charge in [0.2, 0.25) is 11.8 Å². The number of benzene rings is 1. The van der Waals surface area contributed by atoms with Crippen molar-refractivity contribution < 1.29 is 14.3 Å².